The van der Waals surface area contributed by atoms with Crippen LogP contribution in [-0.2, 0) is 13.0 Å². The van der Waals surface area contributed by atoms with E-state index in [9.17, 15) is 0 Å². The summed E-state index contributed by atoms with van der Waals surface area (Å²) in [5, 5.41) is 3.58. The normalized spacial score (nSPS) is 16.8. The van der Waals surface area contributed by atoms with Crippen molar-refractivity contribution < 1.29 is 4.42 Å². The van der Waals surface area contributed by atoms with Gasteiger partial charge in [-0.25, -0.2) is 9.97 Å². The minimum atomic E-state index is 0.280. The van der Waals surface area contributed by atoms with E-state index >= 15 is 0 Å². The second-order valence-corrected chi connectivity index (χ2v) is 6.18. The summed E-state index contributed by atoms with van der Waals surface area (Å²) in [6.07, 6.45) is 8.77. The smallest absolute Gasteiger partial charge is 0.160 e. The standard InChI is InChI=1S/C19H20N4O/c1-13-7-8-15(24-13)11-21-17-5-2-6-18-16(17)12-22-19(23-18)14-4-3-9-20-10-14/h3-4,7-10,12,17,21H,2,5-6,11H2,1H3/t17-/m0/s1. The molecule has 0 saturated carbocycles. The molecule has 24 heavy (non-hydrogen) atoms. The molecule has 4 rings (SSSR count). The summed E-state index contributed by atoms with van der Waals surface area (Å²) in [7, 11) is 0. The highest BCUT2D eigenvalue weighted by Gasteiger charge is 2.22. The molecule has 0 saturated heterocycles. The second-order valence-electron chi connectivity index (χ2n) is 6.18. The van der Waals surface area contributed by atoms with Gasteiger partial charge >= 0.3 is 0 Å². The summed E-state index contributed by atoms with van der Waals surface area (Å²) in [5.41, 5.74) is 3.31. The van der Waals surface area contributed by atoms with E-state index in [1.165, 1.54) is 5.56 Å². The highest BCUT2D eigenvalue weighted by molar-refractivity contribution is 5.53. The first-order valence-electron chi connectivity index (χ1n) is 8.34. The second kappa shape index (κ2) is 6.53. The van der Waals surface area contributed by atoms with Gasteiger partial charge in [0.1, 0.15) is 11.5 Å². The number of hydrogen-bond donors (Lipinski definition) is 1. The van der Waals surface area contributed by atoms with Crippen molar-refractivity contribution >= 4 is 0 Å². The van der Waals surface area contributed by atoms with E-state index in [0.29, 0.717) is 0 Å². The highest BCUT2D eigenvalue weighted by atomic mass is 16.3. The van der Waals surface area contributed by atoms with Crippen LogP contribution >= 0.6 is 0 Å². The summed E-state index contributed by atoms with van der Waals surface area (Å²) in [6.45, 7) is 2.69. The zero-order valence-corrected chi connectivity index (χ0v) is 13.7. The van der Waals surface area contributed by atoms with Crippen LogP contribution in [0.2, 0.25) is 0 Å². The molecule has 0 amide bonds. The van der Waals surface area contributed by atoms with Crippen LogP contribution in [0.1, 0.15) is 41.7 Å². The number of nitrogens with zero attached hydrogens (tertiary/aromatic N) is 3. The molecule has 0 spiro atoms. The topological polar surface area (TPSA) is 63.8 Å². The van der Waals surface area contributed by atoms with Gasteiger partial charge in [0.2, 0.25) is 0 Å². The van der Waals surface area contributed by atoms with Crippen molar-refractivity contribution in [1.82, 2.24) is 20.3 Å². The van der Waals surface area contributed by atoms with Gasteiger partial charge in [0.05, 0.1) is 6.54 Å². The Balaban J connectivity index is 1.54. The van der Waals surface area contributed by atoms with Crippen molar-refractivity contribution in [2.24, 2.45) is 0 Å². The molecule has 1 atom stereocenters. The number of fused-ring (bicyclic) bond motifs is 1. The third-order valence-electron chi connectivity index (χ3n) is 4.42. The van der Waals surface area contributed by atoms with Crippen molar-refractivity contribution in [3.05, 3.63) is 65.6 Å². The average Bonchev–Trinajstić information content (AvgIpc) is 3.05. The number of nitrogens with one attached hydrogen (secondary N) is 1. The molecule has 1 aliphatic rings. The third kappa shape index (κ3) is 3.08. The lowest BCUT2D eigenvalue weighted by molar-refractivity contribution is 0.406. The molecule has 1 aliphatic carbocycles. The fourth-order valence-corrected chi connectivity index (χ4v) is 3.20. The molecule has 0 unspecified atom stereocenters. The Kier molecular flexibility index (Phi) is 4.09. The average molecular weight is 320 g/mol. The zero-order valence-electron chi connectivity index (χ0n) is 13.7. The van der Waals surface area contributed by atoms with Gasteiger partial charge in [-0.3, -0.25) is 4.98 Å². The van der Waals surface area contributed by atoms with Crippen LogP contribution < -0.4 is 5.32 Å². The maximum atomic E-state index is 5.64. The third-order valence-corrected chi connectivity index (χ3v) is 4.42. The molecule has 0 radical (unpaired) electrons. The molecule has 1 N–H and O–H groups in total. The first kappa shape index (κ1) is 15.0. The van der Waals surface area contributed by atoms with E-state index in [2.05, 4.69) is 15.3 Å². The van der Waals surface area contributed by atoms with Crippen molar-refractivity contribution in [3.8, 4) is 11.4 Å². The van der Waals surface area contributed by atoms with Crippen molar-refractivity contribution in [3.63, 3.8) is 0 Å². The fourth-order valence-electron chi connectivity index (χ4n) is 3.20. The summed E-state index contributed by atoms with van der Waals surface area (Å²) >= 11 is 0. The first-order chi connectivity index (χ1) is 11.8. The van der Waals surface area contributed by atoms with Gasteiger partial charge in [0, 0.05) is 41.5 Å². The van der Waals surface area contributed by atoms with Crippen LogP contribution in [0, 0.1) is 6.92 Å². The van der Waals surface area contributed by atoms with E-state index in [4.69, 9.17) is 9.40 Å². The fraction of sp³-hybridized carbons (Fsp3) is 0.316. The molecule has 5 nitrogen and oxygen atoms in total. The quantitative estimate of drug-likeness (QED) is 0.795. The van der Waals surface area contributed by atoms with Gasteiger partial charge in [-0.15, -0.1) is 0 Å². The number of hydrogen-bond acceptors (Lipinski definition) is 5. The molecular formula is C19H20N4O. The minimum Gasteiger partial charge on any atom is -0.465 e. The molecule has 0 aromatic carbocycles. The lowest BCUT2D eigenvalue weighted by Crippen LogP contribution is -2.25. The van der Waals surface area contributed by atoms with E-state index in [-0.39, 0.29) is 6.04 Å². The SMILES string of the molecule is Cc1ccc(CN[C@H]2CCCc3nc(-c4cccnc4)ncc32)o1. The van der Waals surface area contributed by atoms with Gasteiger partial charge in [0.25, 0.3) is 0 Å². The summed E-state index contributed by atoms with van der Waals surface area (Å²) in [6, 6.07) is 8.20. The largest absolute Gasteiger partial charge is 0.465 e. The molecular weight excluding hydrogens is 300 g/mol. The van der Waals surface area contributed by atoms with Crippen LogP contribution in [0.15, 0.2) is 47.3 Å². The summed E-state index contributed by atoms with van der Waals surface area (Å²) in [5.74, 6) is 2.66. The number of aryl methyl sites for hydroxylation is 2. The Bertz CT molecular complexity index is 828. The van der Waals surface area contributed by atoms with Crippen LogP contribution in [0.3, 0.4) is 0 Å². The summed E-state index contributed by atoms with van der Waals surface area (Å²) in [4.78, 5) is 13.5. The van der Waals surface area contributed by atoms with Gasteiger partial charge in [0.15, 0.2) is 5.82 Å². The minimum absolute atomic E-state index is 0.280. The molecule has 5 heteroatoms. The van der Waals surface area contributed by atoms with Crippen molar-refractivity contribution in [2.75, 3.05) is 0 Å². The Morgan fingerprint density at radius 3 is 3.00 bits per heavy atom. The van der Waals surface area contributed by atoms with E-state index in [0.717, 1.165) is 54.4 Å². The van der Waals surface area contributed by atoms with Gasteiger partial charge in [-0.05, 0) is 50.5 Å². The Morgan fingerprint density at radius 2 is 2.21 bits per heavy atom. The Labute approximate surface area is 141 Å². The van der Waals surface area contributed by atoms with Crippen LogP contribution in [0.25, 0.3) is 11.4 Å². The lowest BCUT2D eigenvalue weighted by Gasteiger charge is -2.25. The molecule has 3 heterocycles. The predicted octanol–water partition coefficient (Wildman–Crippen LogP) is 3.61. The molecule has 122 valence electrons. The van der Waals surface area contributed by atoms with Crippen molar-refractivity contribution in [1.29, 1.82) is 0 Å². The van der Waals surface area contributed by atoms with E-state index in [1.54, 1.807) is 12.4 Å². The summed E-state index contributed by atoms with van der Waals surface area (Å²) < 4.78 is 5.64. The Hall–Kier alpha value is -2.53. The molecule has 0 aliphatic heterocycles. The van der Waals surface area contributed by atoms with E-state index < -0.39 is 0 Å². The van der Waals surface area contributed by atoms with Crippen LogP contribution in [0.5, 0.6) is 0 Å². The van der Waals surface area contributed by atoms with Gasteiger partial charge in [-0.1, -0.05) is 0 Å². The van der Waals surface area contributed by atoms with Crippen molar-refractivity contribution in [2.45, 2.75) is 38.8 Å². The molecule has 0 fully saturated rings. The maximum Gasteiger partial charge on any atom is 0.160 e. The molecule has 0 bridgehead atoms. The molecule has 3 aromatic rings. The maximum absolute atomic E-state index is 5.64. The lowest BCUT2D eigenvalue weighted by atomic mass is 9.92. The Morgan fingerprint density at radius 1 is 1.25 bits per heavy atom. The number of aromatic nitrogens is 3. The number of pyridine rings is 1. The zero-order chi connectivity index (χ0) is 16.4. The number of furan rings is 1. The van der Waals surface area contributed by atoms with Crippen LogP contribution in [0.4, 0.5) is 0 Å². The van der Waals surface area contributed by atoms with Gasteiger partial charge in [-0.2, -0.15) is 0 Å². The molecule has 3 aromatic heterocycles. The predicted molar refractivity (Wildman–Crippen MR) is 91.2 cm³/mol. The number of rotatable bonds is 4. The first-order valence-corrected chi connectivity index (χ1v) is 8.34. The van der Waals surface area contributed by atoms with E-state index in [1.807, 2.05) is 37.4 Å². The van der Waals surface area contributed by atoms with Gasteiger partial charge < -0.3 is 9.73 Å². The monoisotopic (exact) mass is 320 g/mol. The highest BCUT2D eigenvalue weighted by Crippen LogP contribution is 2.29. The van der Waals surface area contributed by atoms with Crippen LogP contribution in [-0.4, -0.2) is 15.0 Å².